The SMILES string of the molecule is O=C(c1csc(C2CCN(C(=O)N3CCN(c4ccccn4)CC3)CC2)n1)N1CCN(Cc2ccc(F)cc2)CC1. The maximum atomic E-state index is 13.2. The smallest absolute Gasteiger partial charge is 0.320 e. The number of likely N-dealkylation sites (tertiary alicyclic amines) is 1. The highest BCUT2D eigenvalue weighted by molar-refractivity contribution is 7.09. The summed E-state index contributed by atoms with van der Waals surface area (Å²) < 4.78 is 13.2. The molecule has 0 atom stereocenters. The Bertz CT molecular complexity index is 1310. The van der Waals surface area contributed by atoms with Crippen molar-refractivity contribution in [2.24, 2.45) is 0 Å². The van der Waals surface area contributed by atoms with Gasteiger partial charge in [-0.15, -0.1) is 11.3 Å². The van der Waals surface area contributed by atoms with Gasteiger partial charge >= 0.3 is 6.03 Å². The number of rotatable bonds is 5. The van der Waals surface area contributed by atoms with E-state index in [1.807, 2.05) is 50.4 Å². The van der Waals surface area contributed by atoms with Gasteiger partial charge in [-0.2, -0.15) is 0 Å². The molecular weight excluding hydrogens is 541 g/mol. The van der Waals surface area contributed by atoms with E-state index in [-0.39, 0.29) is 23.7 Å². The van der Waals surface area contributed by atoms with Crippen molar-refractivity contribution >= 4 is 29.1 Å². The summed E-state index contributed by atoms with van der Waals surface area (Å²) >= 11 is 1.56. The molecule has 0 N–H and O–H groups in total. The Kier molecular flexibility index (Phi) is 8.43. The first-order valence-corrected chi connectivity index (χ1v) is 15.3. The average molecular weight is 578 g/mol. The normalized spacial score (nSPS) is 19.0. The molecule has 3 amide bonds. The number of urea groups is 1. The summed E-state index contributed by atoms with van der Waals surface area (Å²) in [5.74, 6) is 1.01. The van der Waals surface area contributed by atoms with Crippen LogP contribution in [0.3, 0.4) is 0 Å². The molecule has 0 bridgehead atoms. The van der Waals surface area contributed by atoms with E-state index in [1.165, 1.54) is 12.1 Å². The third kappa shape index (κ3) is 6.51. The van der Waals surface area contributed by atoms with Crippen LogP contribution >= 0.6 is 11.3 Å². The van der Waals surface area contributed by atoms with Crippen LogP contribution in [0, 0.1) is 5.82 Å². The first kappa shape index (κ1) is 27.6. The largest absolute Gasteiger partial charge is 0.353 e. The van der Waals surface area contributed by atoms with Gasteiger partial charge in [0.1, 0.15) is 17.3 Å². The molecule has 0 aliphatic carbocycles. The summed E-state index contributed by atoms with van der Waals surface area (Å²) in [6.45, 7) is 8.04. The van der Waals surface area contributed by atoms with Crippen molar-refractivity contribution in [3.05, 3.63) is 76.1 Å². The molecule has 3 aromatic rings. The molecule has 9 nitrogen and oxygen atoms in total. The van der Waals surface area contributed by atoms with Crippen molar-refractivity contribution in [2.45, 2.75) is 25.3 Å². The highest BCUT2D eigenvalue weighted by atomic mass is 32.1. The van der Waals surface area contributed by atoms with Gasteiger partial charge in [0.15, 0.2) is 0 Å². The number of piperazine rings is 2. The zero-order chi connectivity index (χ0) is 28.2. The number of anilines is 1. The lowest BCUT2D eigenvalue weighted by molar-refractivity contribution is 0.0623. The lowest BCUT2D eigenvalue weighted by Gasteiger charge is -2.39. The van der Waals surface area contributed by atoms with Crippen LogP contribution < -0.4 is 4.90 Å². The van der Waals surface area contributed by atoms with Crippen molar-refractivity contribution < 1.29 is 14.0 Å². The van der Waals surface area contributed by atoms with Crippen molar-refractivity contribution in [1.82, 2.24) is 29.6 Å². The molecule has 0 spiro atoms. The molecule has 2 aromatic heterocycles. The summed E-state index contributed by atoms with van der Waals surface area (Å²) in [4.78, 5) is 45.9. The summed E-state index contributed by atoms with van der Waals surface area (Å²) in [7, 11) is 0. The summed E-state index contributed by atoms with van der Waals surface area (Å²) in [6, 6.07) is 12.6. The summed E-state index contributed by atoms with van der Waals surface area (Å²) in [6.07, 6.45) is 3.53. The lowest BCUT2D eigenvalue weighted by Crippen LogP contribution is -2.54. The van der Waals surface area contributed by atoms with E-state index in [2.05, 4.69) is 14.8 Å². The van der Waals surface area contributed by atoms with Crippen LogP contribution in [0.4, 0.5) is 15.0 Å². The van der Waals surface area contributed by atoms with Crippen LogP contribution in [0.2, 0.25) is 0 Å². The highest BCUT2D eigenvalue weighted by Crippen LogP contribution is 2.31. The fraction of sp³-hybridized carbons (Fsp3) is 0.467. The Morgan fingerprint density at radius 2 is 1.51 bits per heavy atom. The molecule has 0 unspecified atom stereocenters. The molecular formula is C30H36FN7O2S. The van der Waals surface area contributed by atoms with Crippen LogP contribution in [0.15, 0.2) is 54.0 Å². The fourth-order valence-electron chi connectivity index (χ4n) is 5.88. The minimum atomic E-state index is -0.225. The van der Waals surface area contributed by atoms with Crippen molar-refractivity contribution in [2.75, 3.05) is 70.3 Å². The van der Waals surface area contributed by atoms with Gasteiger partial charge in [-0.3, -0.25) is 9.69 Å². The number of hydrogen-bond donors (Lipinski definition) is 0. The van der Waals surface area contributed by atoms with E-state index in [9.17, 15) is 14.0 Å². The molecule has 5 heterocycles. The predicted octanol–water partition coefficient (Wildman–Crippen LogP) is 3.76. The van der Waals surface area contributed by atoms with Crippen LogP contribution in [0.25, 0.3) is 0 Å². The number of thiazole rings is 1. The molecule has 11 heteroatoms. The first-order valence-electron chi connectivity index (χ1n) is 14.4. The number of carbonyl (C=O) groups is 2. The number of benzene rings is 1. The van der Waals surface area contributed by atoms with Crippen LogP contribution in [0.5, 0.6) is 0 Å². The first-order chi connectivity index (χ1) is 20.0. The summed E-state index contributed by atoms with van der Waals surface area (Å²) in [5.41, 5.74) is 1.60. The standard InChI is InChI=1S/C30H36FN7O2S/c31-25-6-4-23(5-7-25)21-34-13-15-36(16-14-34)29(39)26-22-41-28(33-26)24-8-11-37(12-9-24)30(40)38-19-17-35(18-20-38)27-3-1-2-10-32-27/h1-7,10,22,24H,8-9,11-21H2. The van der Waals surface area contributed by atoms with E-state index in [1.54, 1.807) is 17.5 Å². The van der Waals surface area contributed by atoms with Crippen molar-refractivity contribution in [3.63, 3.8) is 0 Å². The number of pyridine rings is 1. The maximum Gasteiger partial charge on any atom is 0.320 e. The monoisotopic (exact) mass is 577 g/mol. The molecule has 0 saturated carbocycles. The number of piperidine rings is 1. The molecule has 41 heavy (non-hydrogen) atoms. The van der Waals surface area contributed by atoms with Gasteiger partial charge in [0.25, 0.3) is 5.91 Å². The number of amides is 3. The van der Waals surface area contributed by atoms with E-state index < -0.39 is 0 Å². The minimum Gasteiger partial charge on any atom is -0.353 e. The van der Waals surface area contributed by atoms with Gasteiger partial charge in [-0.25, -0.2) is 19.2 Å². The molecule has 3 aliphatic rings. The second-order valence-corrected chi connectivity index (χ2v) is 11.9. The zero-order valence-electron chi connectivity index (χ0n) is 23.2. The van der Waals surface area contributed by atoms with Crippen LogP contribution in [-0.4, -0.2) is 107 Å². The van der Waals surface area contributed by atoms with Gasteiger partial charge in [-0.1, -0.05) is 18.2 Å². The molecule has 216 valence electrons. The number of carbonyl (C=O) groups excluding carboxylic acids is 2. The number of aromatic nitrogens is 2. The molecule has 3 fully saturated rings. The average Bonchev–Trinajstić information content (AvgIpc) is 3.53. The molecule has 3 aliphatic heterocycles. The molecule has 3 saturated heterocycles. The van der Waals surface area contributed by atoms with Gasteiger partial charge in [0.05, 0.1) is 5.01 Å². The fourth-order valence-corrected chi connectivity index (χ4v) is 6.84. The quantitative estimate of drug-likeness (QED) is 0.460. The number of nitrogens with zero attached hydrogens (tertiary/aromatic N) is 7. The maximum absolute atomic E-state index is 13.2. The third-order valence-electron chi connectivity index (χ3n) is 8.36. The summed E-state index contributed by atoms with van der Waals surface area (Å²) in [5, 5.41) is 2.89. The van der Waals surface area contributed by atoms with Crippen LogP contribution in [0.1, 0.15) is 39.8 Å². The number of hydrogen-bond acceptors (Lipinski definition) is 7. The van der Waals surface area contributed by atoms with E-state index in [0.717, 1.165) is 62.0 Å². The Balaban J connectivity index is 0.948. The Hall–Kier alpha value is -3.57. The Morgan fingerprint density at radius 1 is 0.829 bits per heavy atom. The second-order valence-electron chi connectivity index (χ2n) is 11.0. The van der Waals surface area contributed by atoms with E-state index in [4.69, 9.17) is 4.98 Å². The highest BCUT2D eigenvalue weighted by Gasteiger charge is 2.31. The second kappa shape index (κ2) is 12.5. The zero-order valence-corrected chi connectivity index (χ0v) is 24.0. The predicted molar refractivity (Wildman–Crippen MR) is 157 cm³/mol. The third-order valence-corrected chi connectivity index (χ3v) is 9.37. The van der Waals surface area contributed by atoms with Gasteiger partial charge in [0, 0.05) is 89.5 Å². The topological polar surface area (TPSA) is 76.1 Å². The van der Waals surface area contributed by atoms with Crippen molar-refractivity contribution in [1.29, 1.82) is 0 Å². The molecule has 1 aromatic carbocycles. The minimum absolute atomic E-state index is 0.00797. The van der Waals surface area contributed by atoms with Gasteiger partial charge < -0.3 is 19.6 Å². The van der Waals surface area contributed by atoms with Crippen molar-refractivity contribution in [3.8, 4) is 0 Å². The van der Waals surface area contributed by atoms with Crippen LogP contribution in [-0.2, 0) is 6.54 Å². The molecule has 6 rings (SSSR count). The Morgan fingerprint density at radius 3 is 2.20 bits per heavy atom. The lowest BCUT2D eigenvalue weighted by atomic mass is 9.98. The van der Waals surface area contributed by atoms with Gasteiger partial charge in [0.2, 0.25) is 0 Å². The Labute approximate surface area is 244 Å². The van der Waals surface area contributed by atoms with E-state index >= 15 is 0 Å². The van der Waals surface area contributed by atoms with Gasteiger partial charge in [-0.05, 0) is 42.7 Å². The number of halogens is 1. The van der Waals surface area contributed by atoms with E-state index in [0.29, 0.717) is 45.0 Å². The molecule has 0 radical (unpaired) electrons.